The Balaban J connectivity index is 1.99. The van der Waals surface area contributed by atoms with Crippen molar-refractivity contribution in [3.63, 3.8) is 0 Å². The lowest BCUT2D eigenvalue weighted by Gasteiger charge is -2.36. The Bertz CT molecular complexity index is 565. The Hall–Kier alpha value is -1.68. The summed E-state index contributed by atoms with van der Waals surface area (Å²) in [7, 11) is -3.77. The number of piperidine rings is 1. The lowest BCUT2D eigenvalue weighted by molar-refractivity contribution is -0.140. The number of sulfonamides is 1. The van der Waals surface area contributed by atoms with E-state index < -0.39 is 39.2 Å². The average molecular weight is 319 g/mol. The van der Waals surface area contributed by atoms with Crippen molar-refractivity contribution in [3.8, 4) is 0 Å². The second-order valence-electron chi connectivity index (χ2n) is 4.95. The second-order valence-corrected chi connectivity index (χ2v) is 6.92. The van der Waals surface area contributed by atoms with Crippen molar-refractivity contribution in [2.45, 2.75) is 25.3 Å². The molecule has 2 rings (SSSR count). The number of urea groups is 1. The number of carbonyl (C=O) groups excluding carboxylic acids is 3. The fraction of sp³-hybridized carbons (Fsp3) is 0.727. The van der Waals surface area contributed by atoms with Gasteiger partial charge in [-0.15, -0.1) is 0 Å². The van der Waals surface area contributed by atoms with Gasteiger partial charge in [0.15, 0.2) is 5.75 Å². The van der Waals surface area contributed by atoms with Gasteiger partial charge < -0.3 is 10.1 Å². The number of rotatable bonds is 4. The zero-order chi connectivity index (χ0) is 15.7. The van der Waals surface area contributed by atoms with E-state index in [0.29, 0.717) is 0 Å². The first-order chi connectivity index (χ1) is 9.79. The maximum absolute atomic E-state index is 12.1. The van der Waals surface area contributed by atoms with Crippen molar-refractivity contribution in [3.05, 3.63) is 0 Å². The molecule has 0 aromatic rings. The van der Waals surface area contributed by atoms with Crippen LogP contribution in [0.4, 0.5) is 4.79 Å². The topological polar surface area (TPSA) is 122 Å². The monoisotopic (exact) mass is 319 g/mol. The summed E-state index contributed by atoms with van der Waals surface area (Å²) < 4.78 is 29.9. The Morgan fingerprint density at radius 2 is 1.95 bits per heavy atom. The molecule has 2 aliphatic rings. The molecule has 2 N–H and O–H groups in total. The highest BCUT2D eigenvalue weighted by atomic mass is 32.2. The molecule has 2 fully saturated rings. The molecular formula is C11H17N3O6S. The van der Waals surface area contributed by atoms with Crippen LogP contribution in [-0.2, 0) is 24.3 Å². The van der Waals surface area contributed by atoms with Crippen LogP contribution in [-0.4, -0.2) is 61.6 Å². The highest BCUT2D eigenvalue weighted by molar-refractivity contribution is 7.89. The molecule has 0 unspecified atom stereocenters. The van der Waals surface area contributed by atoms with Gasteiger partial charge in [-0.3, -0.25) is 14.9 Å². The van der Waals surface area contributed by atoms with Gasteiger partial charge in [-0.25, -0.2) is 17.5 Å². The van der Waals surface area contributed by atoms with Gasteiger partial charge in [0, 0.05) is 13.1 Å². The molecule has 3 amide bonds. The number of hydrogen-bond donors (Lipinski definition) is 2. The van der Waals surface area contributed by atoms with E-state index in [2.05, 4.69) is 15.4 Å². The fourth-order valence-electron chi connectivity index (χ4n) is 2.47. The summed E-state index contributed by atoms with van der Waals surface area (Å²) in [6, 6.07) is -0.567. The van der Waals surface area contributed by atoms with E-state index in [1.807, 2.05) is 0 Å². The van der Waals surface area contributed by atoms with Crippen LogP contribution in [0.3, 0.4) is 0 Å². The van der Waals surface area contributed by atoms with E-state index in [1.165, 1.54) is 0 Å². The van der Waals surface area contributed by atoms with E-state index in [1.54, 1.807) is 6.92 Å². The lowest BCUT2D eigenvalue weighted by atomic mass is 9.89. The third kappa shape index (κ3) is 3.16. The maximum atomic E-state index is 12.1. The Morgan fingerprint density at radius 3 is 2.43 bits per heavy atom. The summed E-state index contributed by atoms with van der Waals surface area (Å²) in [5.41, 5.74) is -1.03. The highest BCUT2D eigenvalue weighted by Crippen LogP contribution is 2.26. The minimum absolute atomic E-state index is 0.0649. The van der Waals surface area contributed by atoms with E-state index in [-0.39, 0.29) is 32.5 Å². The molecule has 0 aromatic heterocycles. The molecule has 118 valence electrons. The van der Waals surface area contributed by atoms with Crippen LogP contribution in [0.2, 0.25) is 0 Å². The third-order valence-electron chi connectivity index (χ3n) is 3.59. The minimum Gasteiger partial charge on any atom is -0.465 e. The first-order valence-corrected chi connectivity index (χ1v) is 8.17. The number of amides is 3. The van der Waals surface area contributed by atoms with Gasteiger partial charge >= 0.3 is 12.0 Å². The molecule has 21 heavy (non-hydrogen) atoms. The van der Waals surface area contributed by atoms with E-state index >= 15 is 0 Å². The Labute approximate surface area is 122 Å². The van der Waals surface area contributed by atoms with Gasteiger partial charge in [-0.1, -0.05) is 0 Å². The highest BCUT2D eigenvalue weighted by Gasteiger charge is 2.49. The molecule has 2 aliphatic heterocycles. The Morgan fingerprint density at radius 1 is 1.33 bits per heavy atom. The van der Waals surface area contributed by atoms with Gasteiger partial charge in [-0.2, -0.15) is 0 Å². The van der Waals surface area contributed by atoms with Crippen LogP contribution >= 0.6 is 0 Å². The maximum Gasteiger partial charge on any atom is 0.322 e. The molecule has 0 aliphatic carbocycles. The summed E-state index contributed by atoms with van der Waals surface area (Å²) in [6.07, 6.45) is 0.346. The van der Waals surface area contributed by atoms with E-state index in [9.17, 15) is 22.8 Å². The smallest absolute Gasteiger partial charge is 0.322 e. The second kappa shape index (κ2) is 5.60. The first kappa shape index (κ1) is 15.7. The van der Waals surface area contributed by atoms with Gasteiger partial charge in [0.05, 0.1) is 6.61 Å². The number of nitrogens with zero attached hydrogens (tertiary/aromatic N) is 1. The van der Waals surface area contributed by atoms with Crippen LogP contribution < -0.4 is 10.6 Å². The summed E-state index contributed by atoms with van der Waals surface area (Å²) >= 11 is 0. The summed E-state index contributed by atoms with van der Waals surface area (Å²) in [6.45, 7) is 1.84. The fourth-order valence-corrected chi connectivity index (χ4v) is 3.77. The first-order valence-electron chi connectivity index (χ1n) is 6.56. The van der Waals surface area contributed by atoms with Gasteiger partial charge in [0.1, 0.15) is 5.54 Å². The normalized spacial score (nSPS) is 22.0. The molecule has 0 saturated carbocycles. The van der Waals surface area contributed by atoms with E-state index in [4.69, 9.17) is 0 Å². The van der Waals surface area contributed by atoms with Crippen molar-refractivity contribution in [1.29, 1.82) is 0 Å². The average Bonchev–Trinajstić information content (AvgIpc) is 2.64. The molecule has 0 aromatic carbocycles. The molecule has 0 atom stereocenters. The zero-order valence-corrected chi connectivity index (χ0v) is 12.4. The van der Waals surface area contributed by atoms with E-state index in [0.717, 1.165) is 4.31 Å². The zero-order valence-electron chi connectivity index (χ0n) is 11.5. The van der Waals surface area contributed by atoms with Crippen molar-refractivity contribution in [1.82, 2.24) is 14.9 Å². The van der Waals surface area contributed by atoms with Crippen molar-refractivity contribution in [2.24, 2.45) is 0 Å². The standard InChI is InChI=1S/C11H17N3O6S/c1-2-20-8(15)7-21(18,19)14-5-3-11(4-6-14)9(16)12-10(17)13-11/h2-7H2,1H3,(H2,12,13,16,17). The van der Waals surface area contributed by atoms with Crippen LogP contribution in [0.15, 0.2) is 0 Å². The number of nitrogens with one attached hydrogen (secondary N) is 2. The molecule has 1 spiro atoms. The van der Waals surface area contributed by atoms with Crippen LogP contribution in [0.1, 0.15) is 19.8 Å². The number of hydrogen-bond acceptors (Lipinski definition) is 6. The van der Waals surface area contributed by atoms with Crippen LogP contribution in [0, 0.1) is 0 Å². The largest absolute Gasteiger partial charge is 0.465 e. The molecule has 10 heteroatoms. The molecule has 0 bridgehead atoms. The molecule has 2 heterocycles. The number of imide groups is 1. The molecule has 0 radical (unpaired) electrons. The number of ether oxygens (including phenoxy) is 1. The summed E-state index contributed by atoms with van der Waals surface area (Å²) in [4.78, 5) is 34.2. The van der Waals surface area contributed by atoms with Gasteiger partial charge in [0.25, 0.3) is 5.91 Å². The quantitative estimate of drug-likeness (QED) is 0.483. The Kier molecular flexibility index (Phi) is 4.19. The van der Waals surface area contributed by atoms with Crippen LogP contribution in [0.5, 0.6) is 0 Å². The predicted octanol–water partition coefficient (Wildman–Crippen LogP) is -1.45. The number of carbonyl (C=O) groups is 3. The predicted molar refractivity (Wildman–Crippen MR) is 70.6 cm³/mol. The SMILES string of the molecule is CCOC(=O)CS(=O)(=O)N1CCC2(CC1)NC(=O)NC2=O. The molecule has 9 nitrogen and oxygen atoms in total. The van der Waals surface area contributed by atoms with Crippen molar-refractivity contribution >= 4 is 27.9 Å². The summed E-state index contributed by atoms with van der Waals surface area (Å²) in [5.74, 6) is -1.95. The number of esters is 1. The minimum atomic E-state index is -3.77. The molecular weight excluding hydrogens is 302 g/mol. The van der Waals surface area contributed by atoms with Crippen molar-refractivity contribution in [2.75, 3.05) is 25.4 Å². The molecule has 2 saturated heterocycles. The third-order valence-corrected chi connectivity index (χ3v) is 5.34. The van der Waals surface area contributed by atoms with Crippen LogP contribution in [0.25, 0.3) is 0 Å². The van der Waals surface area contributed by atoms with Gasteiger partial charge in [-0.05, 0) is 19.8 Å². The lowest BCUT2D eigenvalue weighted by Crippen LogP contribution is -2.56. The van der Waals surface area contributed by atoms with Crippen molar-refractivity contribution < 1.29 is 27.5 Å². The summed E-state index contributed by atoms with van der Waals surface area (Å²) in [5, 5.41) is 4.69. The van der Waals surface area contributed by atoms with Gasteiger partial charge in [0.2, 0.25) is 10.0 Å².